The third-order valence-corrected chi connectivity index (χ3v) is 5.10. The number of hydrazine groups is 1. The van der Waals surface area contributed by atoms with Gasteiger partial charge in [0.05, 0.1) is 0 Å². The maximum atomic E-state index is 5.81. The van der Waals surface area contributed by atoms with Crippen LogP contribution in [-0.4, -0.2) is 19.3 Å². The zero-order chi connectivity index (χ0) is 11.0. The van der Waals surface area contributed by atoms with E-state index in [1.807, 2.05) is 0 Å². The van der Waals surface area contributed by atoms with Crippen LogP contribution in [0, 0.1) is 23.7 Å². The molecule has 0 aromatic heterocycles. The lowest BCUT2D eigenvalue weighted by molar-refractivity contribution is 0.0493. The van der Waals surface area contributed by atoms with Crippen molar-refractivity contribution in [3.05, 3.63) is 0 Å². The Bertz CT molecular complexity index is 228. The number of hydrogen-bond acceptors (Lipinski definition) is 3. The van der Waals surface area contributed by atoms with Crippen molar-refractivity contribution in [1.82, 2.24) is 5.43 Å². The number of nitrogens with two attached hydrogens (primary N) is 1. The van der Waals surface area contributed by atoms with E-state index in [1.165, 1.54) is 38.5 Å². The molecule has 3 atom stereocenters. The minimum absolute atomic E-state index is 0.567. The minimum atomic E-state index is 0.567. The first-order valence-corrected chi connectivity index (χ1v) is 6.95. The van der Waals surface area contributed by atoms with Gasteiger partial charge in [0.25, 0.3) is 0 Å². The van der Waals surface area contributed by atoms with Crippen LogP contribution in [-0.2, 0) is 4.74 Å². The molecule has 2 aliphatic carbocycles. The van der Waals surface area contributed by atoms with E-state index in [9.17, 15) is 0 Å². The monoisotopic (exact) mass is 224 g/mol. The zero-order valence-corrected chi connectivity index (χ0v) is 10.0. The Morgan fingerprint density at radius 1 is 1.00 bits per heavy atom. The molecule has 3 aliphatic rings. The van der Waals surface area contributed by atoms with Gasteiger partial charge in [0, 0.05) is 19.3 Å². The summed E-state index contributed by atoms with van der Waals surface area (Å²) >= 11 is 0. The van der Waals surface area contributed by atoms with E-state index in [4.69, 9.17) is 10.6 Å². The second-order valence-corrected chi connectivity index (χ2v) is 5.83. The van der Waals surface area contributed by atoms with Crippen LogP contribution < -0.4 is 11.3 Å². The van der Waals surface area contributed by atoms with E-state index in [0.29, 0.717) is 6.04 Å². The molecule has 0 aromatic carbocycles. The molecule has 0 bridgehead atoms. The number of hydrogen-bond donors (Lipinski definition) is 2. The van der Waals surface area contributed by atoms with Gasteiger partial charge in [-0.3, -0.25) is 11.3 Å². The summed E-state index contributed by atoms with van der Waals surface area (Å²) in [6.07, 6.45) is 8.20. The van der Waals surface area contributed by atoms with Gasteiger partial charge in [-0.2, -0.15) is 0 Å². The van der Waals surface area contributed by atoms with E-state index in [2.05, 4.69) is 5.43 Å². The summed E-state index contributed by atoms with van der Waals surface area (Å²) in [5, 5.41) is 0. The molecular weight excluding hydrogens is 200 g/mol. The summed E-state index contributed by atoms with van der Waals surface area (Å²) in [4.78, 5) is 0. The van der Waals surface area contributed by atoms with Crippen molar-refractivity contribution in [3.63, 3.8) is 0 Å². The zero-order valence-electron chi connectivity index (χ0n) is 10.0. The first-order valence-electron chi connectivity index (χ1n) is 6.95. The lowest BCUT2D eigenvalue weighted by atomic mass is 9.88. The Hall–Kier alpha value is -0.120. The molecular formula is C13H24N2O. The molecule has 3 rings (SSSR count). The Labute approximate surface area is 98.1 Å². The Balaban J connectivity index is 1.62. The summed E-state index contributed by atoms with van der Waals surface area (Å²) in [6.45, 7) is 1.87. The summed E-state index contributed by atoms with van der Waals surface area (Å²) in [7, 11) is 0. The molecule has 0 spiro atoms. The van der Waals surface area contributed by atoms with E-state index in [0.717, 1.165) is 36.9 Å². The fraction of sp³-hybridized carbons (Fsp3) is 1.00. The number of ether oxygens (including phenoxy) is 1. The van der Waals surface area contributed by atoms with Gasteiger partial charge in [-0.1, -0.05) is 12.8 Å². The summed E-state index contributed by atoms with van der Waals surface area (Å²) < 4.78 is 5.44. The van der Waals surface area contributed by atoms with Crippen LogP contribution in [0.5, 0.6) is 0 Å². The maximum absolute atomic E-state index is 5.81. The number of rotatable bonds is 3. The molecule has 3 nitrogen and oxygen atoms in total. The molecule has 3 fully saturated rings. The fourth-order valence-corrected chi connectivity index (χ4v) is 4.22. The molecule has 2 saturated carbocycles. The second kappa shape index (κ2) is 4.63. The smallest absolute Gasteiger partial charge is 0.0469 e. The van der Waals surface area contributed by atoms with E-state index < -0.39 is 0 Å². The van der Waals surface area contributed by atoms with Crippen molar-refractivity contribution in [2.45, 2.75) is 44.6 Å². The van der Waals surface area contributed by atoms with Gasteiger partial charge in [0.2, 0.25) is 0 Å². The van der Waals surface area contributed by atoms with Gasteiger partial charge in [-0.25, -0.2) is 0 Å². The molecule has 3 N–H and O–H groups in total. The van der Waals surface area contributed by atoms with Gasteiger partial charge in [-0.05, 0) is 49.4 Å². The highest BCUT2D eigenvalue weighted by Gasteiger charge is 2.55. The third-order valence-electron chi connectivity index (χ3n) is 5.10. The number of nitrogens with one attached hydrogen (secondary N) is 1. The molecule has 3 heteroatoms. The first-order chi connectivity index (χ1) is 7.92. The highest BCUT2D eigenvalue weighted by atomic mass is 16.5. The van der Waals surface area contributed by atoms with Crippen LogP contribution >= 0.6 is 0 Å². The van der Waals surface area contributed by atoms with Gasteiger partial charge in [0.15, 0.2) is 0 Å². The van der Waals surface area contributed by atoms with Crippen LogP contribution in [0.25, 0.3) is 0 Å². The normalized spacial score (nSPS) is 41.4. The average molecular weight is 224 g/mol. The molecule has 0 amide bonds. The first kappa shape index (κ1) is 11.0. The highest BCUT2D eigenvalue weighted by molar-refractivity contribution is 5.05. The van der Waals surface area contributed by atoms with Crippen molar-refractivity contribution >= 4 is 0 Å². The predicted octanol–water partition coefficient (Wildman–Crippen LogP) is 1.68. The third kappa shape index (κ3) is 1.89. The Kier molecular flexibility index (Phi) is 3.18. The van der Waals surface area contributed by atoms with Crippen molar-refractivity contribution < 1.29 is 4.74 Å². The maximum Gasteiger partial charge on any atom is 0.0469 e. The van der Waals surface area contributed by atoms with Crippen molar-refractivity contribution in [1.29, 1.82) is 0 Å². The van der Waals surface area contributed by atoms with E-state index in [-0.39, 0.29) is 0 Å². The topological polar surface area (TPSA) is 47.3 Å². The molecule has 0 aromatic rings. The second-order valence-electron chi connectivity index (χ2n) is 5.83. The average Bonchev–Trinajstić information content (AvgIpc) is 3.07. The van der Waals surface area contributed by atoms with Gasteiger partial charge in [0.1, 0.15) is 0 Å². The fourth-order valence-electron chi connectivity index (χ4n) is 4.22. The molecule has 1 heterocycles. The Morgan fingerprint density at radius 3 is 2.19 bits per heavy atom. The summed E-state index contributed by atoms with van der Waals surface area (Å²) in [5.74, 6) is 9.45. The molecule has 92 valence electrons. The molecule has 16 heavy (non-hydrogen) atoms. The SMILES string of the molecule is NNC(C1CCOCC1)C1C2CCCCC21. The van der Waals surface area contributed by atoms with Gasteiger partial charge >= 0.3 is 0 Å². The lowest BCUT2D eigenvalue weighted by Gasteiger charge is -2.30. The quantitative estimate of drug-likeness (QED) is 0.566. The van der Waals surface area contributed by atoms with Crippen LogP contribution in [0.1, 0.15) is 38.5 Å². The predicted molar refractivity (Wildman–Crippen MR) is 63.6 cm³/mol. The van der Waals surface area contributed by atoms with Crippen LogP contribution in [0.15, 0.2) is 0 Å². The molecule has 1 saturated heterocycles. The van der Waals surface area contributed by atoms with Crippen molar-refractivity contribution in [2.24, 2.45) is 29.5 Å². The van der Waals surface area contributed by atoms with E-state index in [1.54, 1.807) is 0 Å². The van der Waals surface area contributed by atoms with Gasteiger partial charge < -0.3 is 4.74 Å². The van der Waals surface area contributed by atoms with Crippen molar-refractivity contribution in [3.8, 4) is 0 Å². The van der Waals surface area contributed by atoms with Crippen LogP contribution in [0.3, 0.4) is 0 Å². The molecule has 1 aliphatic heterocycles. The highest BCUT2D eigenvalue weighted by Crippen LogP contribution is 2.58. The summed E-state index contributed by atoms with van der Waals surface area (Å²) in [5.41, 5.74) is 3.13. The van der Waals surface area contributed by atoms with Gasteiger partial charge in [-0.15, -0.1) is 0 Å². The number of fused-ring (bicyclic) bond motifs is 1. The largest absolute Gasteiger partial charge is 0.381 e. The van der Waals surface area contributed by atoms with Crippen LogP contribution in [0.4, 0.5) is 0 Å². The minimum Gasteiger partial charge on any atom is -0.381 e. The van der Waals surface area contributed by atoms with E-state index >= 15 is 0 Å². The Morgan fingerprint density at radius 2 is 1.62 bits per heavy atom. The molecule has 3 unspecified atom stereocenters. The van der Waals surface area contributed by atoms with Crippen LogP contribution in [0.2, 0.25) is 0 Å². The standard InChI is InChI=1S/C13H24N2O/c14-15-13(9-5-7-16-8-6-9)12-10-3-1-2-4-11(10)12/h9-13,15H,1-8,14H2. The lowest BCUT2D eigenvalue weighted by Crippen LogP contribution is -2.45. The molecule has 0 radical (unpaired) electrons. The summed E-state index contributed by atoms with van der Waals surface area (Å²) in [6, 6.07) is 0.567. The van der Waals surface area contributed by atoms with Crippen molar-refractivity contribution in [2.75, 3.05) is 13.2 Å².